The number of hydrogen-bond acceptors (Lipinski definition) is 2. The first-order chi connectivity index (χ1) is 8.83. The summed E-state index contributed by atoms with van der Waals surface area (Å²) in [6.07, 6.45) is 14.6. The van der Waals surface area contributed by atoms with Crippen LogP contribution in [-0.4, -0.2) is 18.9 Å². The molecule has 1 heterocycles. The summed E-state index contributed by atoms with van der Waals surface area (Å²) in [5.74, 6) is 0.948. The van der Waals surface area contributed by atoms with E-state index in [1.165, 1.54) is 32.1 Å². The molecule has 0 unspecified atom stereocenters. The highest BCUT2D eigenvalue weighted by Crippen LogP contribution is 2.16. The molecule has 1 saturated heterocycles. The van der Waals surface area contributed by atoms with Crippen LogP contribution >= 0.6 is 0 Å². The van der Waals surface area contributed by atoms with E-state index in [-0.39, 0.29) is 0 Å². The van der Waals surface area contributed by atoms with Crippen molar-refractivity contribution in [3.8, 4) is 0 Å². The third kappa shape index (κ3) is 7.65. The molecular formula is C16H29NO. The van der Waals surface area contributed by atoms with Gasteiger partial charge in [0, 0.05) is 6.42 Å². The van der Waals surface area contributed by atoms with Crippen molar-refractivity contribution in [1.82, 2.24) is 5.32 Å². The maximum atomic E-state index is 11.7. The Bertz CT molecular complexity index is 241. The Balaban J connectivity index is 2.00. The van der Waals surface area contributed by atoms with Crippen LogP contribution in [0.1, 0.15) is 64.7 Å². The summed E-state index contributed by atoms with van der Waals surface area (Å²) in [4.78, 5) is 11.7. The molecule has 1 fully saturated rings. The van der Waals surface area contributed by atoms with Crippen LogP contribution in [0.25, 0.3) is 0 Å². The van der Waals surface area contributed by atoms with E-state index in [1.807, 2.05) is 6.08 Å². The highest BCUT2D eigenvalue weighted by Gasteiger charge is 2.14. The number of piperidine rings is 1. The molecular weight excluding hydrogens is 222 g/mol. The van der Waals surface area contributed by atoms with E-state index < -0.39 is 0 Å². The van der Waals surface area contributed by atoms with E-state index in [0.717, 1.165) is 38.8 Å². The second kappa shape index (κ2) is 10.3. The molecule has 104 valence electrons. The zero-order chi connectivity index (χ0) is 13.1. The SMILES string of the molecule is CCCCCCC/C=C/C(=O)CC1CCNCC1. The second-order valence-electron chi connectivity index (χ2n) is 5.47. The van der Waals surface area contributed by atoms with Crippen LogP contribution < -0.4 is 5.32 Å². The van der Waals surface area contributed by atoms with Gasteiger partial charge in [-0.1, -0.05) is 38.7 Å². The number of ketones is 1. The molecule has 0 amide bonds. The standard InChI is InChI=1S/C16H29NO/c1-2-3-4-5-6-7-8-9-16(18)14-15-10-12-17-13-11-15/h8-9,15,17H,2-7,10-14H2,1H3/b9-8+. The van der Waals surface area contributed by atoms with Gasteiger partial charge >= 0.3 is 0 Å². The van der Waals surface area contributed by atoms with Crippen molar-refractivity contribution in [2.45, 2.75) is 64.7 Å². The highest BCUT2D eigenvalue weighted by molar-refractivity contribution is 5.89. The third-order valence-electron chi connectivity index (χ3n) is 3.73. The Kier molecular flexibility index (Phi) is 8.83. The first-order valence-corrected chi connectivity index (χ1v) is 7.73. The number of hydrogen-bond donors (Lipinski definition) is 1. The van der Waals surface area contributed by atoms with Gasteiger partial charge in [0.25, 0.3) is 0 Å². The van der Waals surface area contributed by atoms with Crippen LogP contribution in [0, 0.1) is 5.92 Å². The van der Waals surface area contributed by atoms with E-state index >= 15 is 0 Å². The molecule has 1 aliphatic heterocycles. The quantitative estimate of drug-likeness (QED) is 0.498. The Morgan fingerprint density at radius 2 is 1.89 bits per heavy atom. The van der Waals surface area contributed by atoms with Gasteiger partial charge in [0.15, 0.2) is 5.78 Å². The largest absolute Gasteiger partial charge is 0.317 e. The van der Waals surface area contributed by atoms with Crippen LogP contribution in [0.4, 0.5) is 0 Å². The van der Waals surface area contributed by atoms with Gasteiger partial charge in [0.05, 0.1) is 0 Å². The molecule has 2 heteroatoms. The van der Waals surface area contributed by atoms with Gasteiger partial charge < -0.3 is 5.32 Å². The Morgan fingerprint density at radius 3 is 2.61 bits per heavy atom. The molecule has 0 radical (unpaired) electrons. The second-order valence-corrected chi connectivity index (χ2v) is 5.47. The minimum Gasteiger partial charge on any atom is -0.317 e. The molecule has 2 nitrogen and oxygen atoms in total. The summed E-state index contributed by atoms with van der Waals surface area (Å²) in [5, 5.41) is 3.34. The Morgan fingerprint density at radius 1 is 1.17 bits per heavy atom. The van der Waals surface area contributed by atoms with Crippen molar-refractivity contribution in [3.05, 3.63) is 12.2 Å². The fraction of sp³-hybridized carbons (Fsp3) is 0.812. The topological polar surface area (TPSA) is 29.1 Å². The fourth-order valence-electron chi connectivity index (χ4n) is 2.52. The summed E-state index contributed by atoms with van der Waals surface area (Å²) >= 11 is 0. The lowest BCUT2D eigenvalue weighted by Gasteiger charge is -2.21. The number of carbonyl (C=O) groups is 1. The van der Waals surface area contributed by atoms with Crippen molar-refractivity contribution in [1.29, 1.82) is 0 Å². The van der Waals surface area contributed by atoms with Crippen LogP contribution in [-0.2, 0) is 4.79 Å². The predicted molar refractivity (Wildman–Crippen MR) is 77.7 cm³/mol. The number of carbonyl (C=O) groups excluding carboxylic acids is 1. The summed E-state index contributed by atoms with van der Waals surface area (Å²) in [7, 11) is 0. The smallest absolute Gasteiger partial charge is 0.155 e. The Hall–Kier alpha value is -0.630. The van der Waals surface area contributed by atoms with Crippen LogP contribution in [0.5, 0.6) is 0 Å². The van der Waals surface area contributed by atoms with Crippen LogP contribution in [0.2, 0.25) is 0 Å². The minimum atomic E-state index is 0.329. The van der Waals surface area contributed by atoms with Gasteiger partial charge in [-0.3, -0.25) is 4.79 Å². The lowest BCUT2D eigenvalue weighted by molar-refractivity contribution is -0.115. The predicted octanol–water partition coefficient (Wildman–Crippen LogP) is 3.86. The number of allylic oxidation sites excluding steroid dienone is 2. The Labute approximate surface area is 112 Å². The molecule has 0 aromatic carbocycles. The van der Waals surface area contributed by atoms with Crippen LogP contribution in [0.15, 0.2) is 12.2 Å². The zero-order valence-electron chi connectivity index (χ0n) is 11.9. The molecule has 0 aliphatic carbocycles. The number of unbranched alkanes of at least 4 members (excludes halogenated alkanes) is 5. The molecule has 18 heavy (non-hydrogen) atoms. The third-order valence-corrected chi connectivity index (χ3v) is 3.73. The van der Waals surface area contributed by atoms with E-state index in [1.54, 1.807) is 0 Å². The van der Waals surface area contributed by atoms with Gasteiger partial charge in [-0.15, -0.1) is 0 Å². The monoisotopic (exact) mass is 251 g/mol. The van der Waals surface area contributed by atoms with E-state index in [9.17, 15) is 4.79 Å². The average Bonchev–Trinajstić information content (AvgIpc) is 2.39. The van der Waals surface area contributed by atoms with Gasteiger partial charge in [-0.25, -0.2) is 0 Å². The van der Waals surface area contributed by atoms with Crippen molar-refractivity contribution in [2.24, 2.45) is 5.92 Å². The summed E-state index contributed by atoms with van der Waals surface area (Å²) in [6, 6.07) is 0. The molecule has 0 saturated carbocycles. The zero-order valence-corrected chi connectivity index (χ0v) is 11.9. The van der Waals surface area contributed by atoms with Crippen LogP contribution in [0.3, 0.4) is 0 Å². The molecule has 1 aliphatic rings. The lowest BCUT2D eigenvalue weighted by Crippen LogP contribution is -2.28. The van der Waals surface area contributed by atoms with E-state index in [2.05, 4.69) is 18.3 Å². The summed E-state index contributed by atoms with van der Waals surface area (Å²) < 4.78 is 0. The maximum Gasteiger partial charge on any atom is 0.155 e. The minimum absolute atomic E-state index is 0.329. The van der Waals surface area contributed by atoms with Gasteiger partial charge in [0.2, 0.25) is 0 Å². The summed E-state index contributed by atoms with van der Waals surface area (Å²) in [5.41, 5.74) is 0. The van der Waals surface area contributed by atoms with Gasteiger partial charge in [0.1, 0.15) is 0 Å². The van der Waals surface area contributed by atoms with Crippen molar-refractivity contribution >= 4 is 5.78 Å². The molecule has 0 atom stereocenters. The fourth-order valence-corrected chi connectivity index (χ4v) is 2.52. The molecule has 0 bridgehead atoms. The first kappa shape index (κ1) is 15.4. The highest BCUT2D eigenvalue weighted by atomic mass is 16.1. The summed E-state index contributed by atoms with van der Waals surface area (Å²) in [6.45, 7) is 4.40. The van der Waals surface area contributed by atoms with Crippen molar-refractivity contribution < 1.29 is 4.79 Å². The molecule has 1 N–H and O–H groups in total. The molecule has 0 spiro atoms. The molecule has 0 aromatic rings. The normalized spacial score (nSPS) is 17.4. The molecule has 0 aromatic heterocycles. The number of nitrogens with one attached hydrogen (secondary N) is 1. The molecule has 1 rings (SSSR count). The average molecular weight is 251 g/mol. The van der Waals surface area contributed by atoms with Gasteiger partial charge in [-0.2, -0.15) is 0 Å². The van der Waals surface area contributed by atoms with Gasteiger partial charge in [-0.05, 0) is 50.8 Å². The van der Waals surface area contributed by atoms with E-state index in [4.69, 9.17) is 0 Å². The van der Waals surface area contributed by atoms with Crippen molar-refractivity contribution in [2.75, 3.05) is 13.1 Å². The maximum absolute atomic E-state index is 11.7. The lowest BCUT2D eigenvalue weighted by atomic mass is 9.92. The van der Waals surface area contributed by atoms with E-state index in [0.29, 0.717) is 11.7 Å². The van der Waals surface area contributed by atoms with Crippen molar-refractivity contribution in [3.63, 3.8) is 0 Å². The number of rotatable bonds is 9. The first-order valence-electron chi connectivity index (χ1n) is 7.73.